The number of hydrogen-bond donors (Lipinski definition) is 3. The standard InChI is InChI=1S/C82H161NO5/c1-3-5-7-9-11-13-15-17-19-21-22-23-24-30-33-36-39-43-46-50-54-58-62-66-70-74-80(85)79(78-84)83-81(86)75-71-67-63-59-55-51-47-44-40-37-34-31-28-26-25-27-29-32-35-38-41-45-49-53-57-61-65-69-73-77-88-82(87)76-72-68-64-60-56-52-48-42-20-18-16-14-12-10-8-6-4-2/h18,20,79-80,84-85H,3-17,19,21-78H2,1-2H3,(H,83,86)/b20-18-. The number of hydrogen-bond acceptors (Lipinski definition) is 5. The van der Waals surface area contributed by atoms with Gasteiger partial charge in [0.05, 0.1) is 25.4 Å². The molecule has 0 aromatic carbocycles. The SMILES string of the molecule is CCCCCCCC/C=C\CCCCCCCCCC(=O)OCCCCCCCCCCCCCCCCCCCCCCCCCCCCCCCC(=O)NC(CO)C(O)CCCCCCCCCCCCCCCCCCCCCCCCCCC. The summed E-state index contributed by atoms with van der Waals surface area (Å²) < 4.78 is 5.51. The van der Waals surface area contributed by atoms with Gasteiger partial charge in [0, 0.05) is 12.8 Å². The van der Waals surface area contributed by atoms with Crippen LogP contribution in [0.1, 0.15) is 476 Å². The van der Waals surface area contributed by atoms with Crippen LogP contribution in [-0.2, 0) is 14.3 Å². The number of esters is 1. The van der Waals surface area contributed by atoms with Crippen molar-refractivity contribution in [3.63, 3.8) is 0 Å². The molecule has 0 aliphatic heterocycles. The van der Waals surface area contributed by atoms with E-state index in [0.717, 1.165) is 44.9 Å². The molecule has 0 rings (SSSR count). The fourth-order valence-corrected chi connectivity index (χ4v) is 13.3. The highest BCUT2D eigenvalue weighted by molar-refractivity contribution is 5.76. The maximum Gasteiger partial charge on any atom is 0.305 e. The van der Waals surface area contributed by atoms with E-state index in [1.165, 1.54) is 398 Å². The second kappa shape index (κ2) is 78.0. The summed E-state index contributed by atoms with van der Waals surface area (Å²) in [4.78, 5) is 24.7. The number of aliphatic hydroxyl groups excluding tert-OH is 2. The third-order valence-electron chi connectivity index (χ3n) is 19.6. The van der Waals surface area contributed by atoms with Gasteiger partial charge in [-0.2, -0.15) is 0 Å². The van der Waals surface area contributed by atoms with Crippen molar-refractivity contribution >= 4 is 11.9 Å². The summed E-state index contributed by atoms with van der Waals surface area (Å²) in [6.07, 6.45) is 98.8. The average molecular weight is 1240 g/mol. The predicted molar refractivity (Wildman–Crippen MR) is 389 cm³/mol. The summed E-state index contributed by atoms with van der Waals surface area (Å²) in [7, 11) is 0. The highest BCUT2D eigenvalue weighted by atomic mass is 16.5. The highest BCUT2D eigenvalue weighted by Crippen LogP contribution is 2.21. The van der Waals surface area contributed by atoms with E-state index in [1.807, 2.05) is 0 Å². The third kappa shape index (κ3) is 73.6. The number of carbonyl (C=O) groups excluding carboxylic acids is 2. The van der Waals surface area contributed by atoms with Gasteiger partial charge in [-0.15, -0.1) is 0 Å². The molecular formula is C82H161NO5. The van der Waals surface area contributed by atoms with E-state index in [1.54, 1.807) is 0 Å². The molecule has 0 heterocycles. The van der Waals surface area contributed by atoms with E-state index in [4.69, 9.17) is 4.74 Å². The number of ether oxygens (including phenoxy) is 1. The predicted octanol–water partition coefficient (Wildman–Crippen LogP) is 27.1. The summed E-state index contributed by atoms with van der Waals surface area (Å²) >= 11 is 0. The van der Waals surface area contributed by atoms with Crippen LogP contribution in [0, 0.1) is 0 Å². The highest BCUT2D eigenvalue weighted by Gasteiger charge is 2.20. The Hall–Kier alpha value is -1.40. The lowest BCUT2D eigenvalue weighted by Crippen LogP contribution is -2.45. The largest absolute Gasteiger partial charge is 0.466 e. The van der Waals surface area contributed by atoms with Gasteiger partial charge < -0.3 is 20.3 Å². The third-order valence-corrected chi connectivity index (χ3v) is 19.6. The molecular weight excluding hydrogens is 1080 g/mol. The maximum atomic E-state index is 12.6. The topological polar surface area (TPSA) is 95.9 Å². The molecule has 1 amide bonds. The summed E-state index contributed by atoms with van der Waals surface area (Å²) in [5.74, 6) is -0.00727. The summed E-state index contributed by atoms with van der Waals surface area (Å²) in [5.41, 5.74) is 0. The molecule has 0 bridgehead atoms. The van der Waals surface area contributed by atoms with E-state index >= 15 is 0 Å². The first kappa shape index (κ1) is 86.6. The van der Waals surface area contributed by atoms with Gasteiger partial charge in [-0.1, -0.05) is 424 Å². The van der Waals surface area contributed by atoms with Crippen molar-refractivity contribution in [2.24, 2.45) is 0 Å². The average Bonchev–Trinajstić information content (AvgIpc) is 3.58. The number of nitrogens with one attached hydrogen (secondary N) is 1. The molecule has 88 heavy (non-hydrogen) atoms. The van der Waals surface area contributed by atoms with E-state index in [-0.39, 0.29) is 18.5 Å². The van der Waals surface area contributed by atoms with Gasteiger partial charge in [0.1, 0.15) is 0 Å². The van der Waals surface area contributed by atoms with Crippen LogP contribution in [0.2, 0.25) is 0 Å². The molecule has 0 aliphatic carbocycles. The molecule has 6 heteroatoms. The van der Waals surface area contributed by atoms with Crippen molar-refractivity contribution in [2.45, 2.75) is 488 Å². The lowest BCUT2D eigenvalue weighted by atomic mass is 10.0. The zero-order valence-electron chi connectivity index (χ0n) is 60.3. The van der Waals surface area contributed by atoms with Crippen molar-refractivity contribution < 1.29 is 24.5 Å². The number of aliphatic hydroxyl groups is 2. The first-order chi connectivity index (χ1) is 43.5. The van der Waals surface area contributed by atoms with Crippen LogP contribution in [0.25, 0.3) is 0 Å². The van der Waals surface area contributed by atoms with E-state index in [2.05, 4.69) is 31.3 Å². The van der Waals surface area contributed by atoms with Crippen molar-refractivity contribution in [2.75, 3.05) is 13.2 Å². The monoisotopic (exact) mass is 1240 g/mol. The zero-order valence-corrected chi connectivity index (χ0v) is 60.3. The summed E-state index contributed by atoms with van der Waals surface area (Å²) in [5, 5.41) is 23.5. The number of rotatable bonds is 78. The Balaban J connectivity index is 3.33. The van der Waals surface area contributed by atoms with Crippen LogP contribution in [0.3, 0.4) is 0 Å². The molecule has 0 aromatic rings. The fourth-order valence-electron chi connectivity index (χ4n) is 13.3. The maximum absolute atomic E-state index is 12.6. The van der Waals surface area contributed by atoms with Crippen LogP contribution >= 0.6 is 0 Å². The molecule has 6 nitrogen and oxygen atoms in total. The van der Waals surface area contributed by atoms with E-state index in [9.17, 15) is 19.8 Å². The number of amides is 1. The first-order valence-corrected chi connectivity index (χ1v) is 40.9. The number of unbranched alkanes of at least 4 members (excludes halogenated alkanes) is 65. The van der Waals surface area contributed by atoms with Crippen LogP contribution in [0.5, 0.6) is 0 Å². The van der Waals surface area contributed by atoms with Crippen LogP contribution in [0.15, 0.2) is 12.2 Å². The minimum absolute atomic E-state index is 0.0177. The van der Waals surface area contributed by atoms with Crippen LogP contribution in [0.4, 0.5) is 0 Å². The van der Waals surface area contributed by atoms with Crippen molar-refractivity contribution in [3.8, 4) is 0 Å². The molecule has 2 unspecified atom stereocenters. The Morgan fingerprint density at radius 3 is 0.807 bits per heavy atom. The van der Waals surface area contributed by atoms with E-state index in [0.29, 0.717) is 25.9 Å². The molecule has 0 aromatic heterocycles. The lowest BCUT2D eigenvalue weighted by molar-refractivity contribution is -0.143. The number of allylic oxidation sites excluding steroid dienone is 2. The molecule has 2 atom stereocenters. The Labute approximate surface area is 552 Å². The Morgan fingerprint density at radius 2 is 0.534 bits per heavy atom. The molecule has 3 N–H and O–H groups in total. The fraction of sp³-hybridized carbons (Fsp3) is 0.951. The zero-order chi connectivity index (χ0) is 63.5. The normalized spacial score (nSPS) is 12.5. The Morgan fingerprint density at radius 1 is 0.307 bits per heavy atom. The molecule has 0 fully saturated rings. The van der Waals surface area contributed by atoms with Gasteiger partial charge in [-0.3, -0.25) is 9.59 Å². The lowest BCUT2D eigenvalue weighted by Gasteiger charge is -2.22. The number of carbonyl (C=O) groups is 2. The minimum atomic E-state index is -0.663. The summed E-state index contributed by atoms with van der Waals surface area (Å²) in [6.45, 7) is 5.01. The summed E-state index contributed by atoms with van der Waals surface area (Å²) in [6, 6.07) is -0.540. The molecule has 524 valence electrons. The van der Waals surface area contributed by atoms with Crippen molar-refractivity contribution in [3.05, 3.63) is 12.2 Å². The molecule has 0 spiro atoms. The van der Waals surface area contributed by atoms with Gasteiger partial charge in [0.2, 0.25) is 5.91 Å². The Kier molecular flexibility index (Phi) is 76.8. The molecule has 0 saturated carbocycles. The molecule has 0 saturated heterocycles. The Bertz CT molecular complexity index is 1340. The quantitative estimate of drug-likeness (QED) is 0.0320. The van der Waals surface area contributed by atoms with Gasteiger partial charge in [-0.05, 0) is 51.4 Å². The minimum Gasteiger partial charge on any atom is -0.466 e. The van der Waals surface area contributed by atoms with E-state index < -0.39 is 12.1 Å². The van der Waals surface area contributed by atoms with Crippen molar-refractivity contribution in [1.82, 2.24) is 5.32 Å². The molecule has 0 aliphatic rings. The van der Waals surface area contributed by atoms with Gasteiger partial charge in [0.25, 0.3) is 0 Å². The van der Waals surface area contributed by atoms with Crippen LogP contribution < -0.4 is 5.32 Å². The van der Waals surface area contributed by atoms with Gasteiger partial charge in [-0.25, -0.2) is 0 Å². The van der Waals surface area contributed by atoms with Crippen molar-refractivity contribution in [1.29, 1.82) is 0 Å². The molecule has 0 radical (unpaired) electrons. The second-order valence-electron chi connectivity index (χ2n) is 28.5. The van der Waals surface area contributed by atoms with Crippen LogP contribution in [-0.4, -0.2) is 47.4 Å². The first-order valence-electron chi connectivity index (χ1n) is 40.9. The second-order valence-corrected chi connectivity index (χ2v) is 28.5. The smallest absolute Gasteiger partial charge is 0.305 e. The van der Waals surface area contributed by atoms with Gasteiger partial charge >= 0.3 is 5.97 Å². The van der Waals surface area contributed by atoms with Gasteiger partial charge in [0.15, 0.2) is 0 Å².